The molecule has 104 valence electrons. The third-order valence-electron chi connectivity index (χ3n) is 3.57. The molecule has 1 aliphatic rings. The standard InChI is InChI=1S/C15H21NO3/c1-11-4-3-5-12(2)15(11)19-10-14(18)16-8-6-13(17)7-9-16/h3-5,13,17H,6-10H2,1-2H3. The molecule has 1 aliphatic heterocycles. The quantitative estimate of drug-likeness (QED) is 0.902. The zero-order valence-electron chi connectivity index (χ0n) is 11.6. The second kappa shape index (κ2) is 6.06. The number of amides is 1. The van der Waals surface area contributed by atoms with E-state index in [0.29, 0.717) is 25.9 Å². The van der Waals surface area contributed by atoms with Crippen LogP contribution < -0.4 is 4.74 Å². The van der Waals surface area contributed by atoms with E-state index in [2.05, 4.69) is 0 Å². The lowest BCUT2D eigenvalue weighted by atomic mass is 10.1. The van der Waals surface area contributed by atoms with Gasteiger partial charge in [-0.05, 0) is 37.8 Å². The predicted octanol–water partition coefficient (Wildman–Crippen LogP) is 1.67. The summed E-state index contributed by atoms with van der Waals surface area (Å²) in [6.07, 6.45) is 1.06. The van der Waals surface area contributed by atoms with Crippen molar-refractivity contribution in [3.05, 3.63) is 29.3 Å². The highest BCUT2D eigenvalue weighted by Gasteiger charge is 2.21. The van der Waals surface area contributed by atoms with Gasteiger partial charge in [0.25, 0.3) is 5.91 Å². The number of hydrogen-bond acceptors (Lipinski definition) is 3. The Morgan fingerprint density at radius 3 is 2.47 bits per heavy atom. The summed E-state index contributed by atoms with van der Waals surface area (Å²) in [5.74, 6) is 0.794. The number of para-hydroxylation sites is 1. The van der Waals surface area contributed by atoms with Gasteiger partial charge in [0.15, 0.2) is 6.61 Å². The van der Waals surface area contributed by atoms with E-state index in [-0.39, 0.29) is 18.6 Å². The number of carbonyl (C=O) groups is 1. The molecule has 1 saturated heterocycles. The Morgan fingerprint density at radius 2 is 1.89 bits per heavy atom. The largest absolute Gasteiger partial charge is 0.483 e. The average Bonchev–Trinajstić information content (AvgIpc) is 2.38. The van der Waals surface area contributed by atoms with Crippen LogP contribution in [0.1, 0.15) is 24.0 Å². The van der Waals surface area contributed by atoms with Crippen molar-refractivity contribution in [2.75, 3.05) is 19.7 Å². The van der Waals surface area contributed by atoms with Gasteiger partial charge in [0.1, 0.15) is 5.75 Å². The van der Waals surface area contributed by atoms with Gasteiger partial charge in [-0.1, -0.05) is 18.2 Å². The van der Waals surface area contributed by atoms with E-state index in [1.165, 1.54) is 0 Å². The summed E-state index contributed by atoms with van der Waals surface area (Å²) < 4.78 is 5.66. The van der Waals surface area contributed by atoms with Crippen molar-refractivity contribution in [1.82, 2.24) is 4.90 Å². The molecular formula is C15H21NO3. The Bertz CT molecular complexity index is 430. The number of ether oxygens (including phenoxy) is 1. The molecule has 1 N–H and O–H groups in total. The van der Waals surface area contributed by atoms with Gasteiger partial charge in [-0.3, -0.25) is 4.79 Å². The van der Waals surface area contributed by atoms with Crippen molar-refractivity contribution in [2.45, 2.75) is 32.8 Å². The predicted molar refractivity (Wildman–Crippen MR) is 73.2 cm³/mol. The lowest BCUT2D eigenvalue weighted by Crippen LogP contribution is -2.42. The van der Waals surface area contributed by atoms with Crippen molar-refractivity contribution < 1.29 is 14.6 Å². The van der Waals surface area contributed by atoms with Crippen LogP contribution in [0.5, 0.6) is 5.75 Å². The maximum Gasteiger partial charge on any atom is 0.260 e. The number of aliphatic hydroxyl groups excluding tert-OH is 1. The fourth-order valence-electron chi connectivity index (χ4n) is 2.37. The summed E-state index contributed by atoms with van der Waals surface area (Å²) >= 11 is 0. The van der Waals surface area contributed by atoms with Crippen LogP contribution in [0.4, 0.5) is 0 Å². The number of benzene rings is 1. The van der Waals surface area contributed by atoms with E-state index < -0.39 is 0 Å². The van der Waals surface area contributed by atoms with Crippen LogP contribution in [0.3, 0.4) is 0 Å². The zero-order valence-corrected chi connectivity index (χ0v) is 11.6. The van der Waals surface area contributed by atoms with Crippen LogP contribution in [0.15, 0.2) is 18.2 Å². The summed E-state index contributed by atoms with van der Waals surface area (Å²) in [5, 5.41) is 9.42. The van der Waals surface area contributed by atoms with Crippen molar-refractivity contribution in [1.29, 1.82) is 0 Å². The summed E-state index contributed by atoms with van der Waals surface area (Å²) in [4.78, 5) is 13.8. The first kappa shape index (κ1) is 13.9. The fraction of sp³-hybridized carbons (Fsp3) is 0.533. The number of hydrogen-bond donors (Lipinski definition) is 1. The third-order valence-corrected chi connectivity index (χ3v) is 3.57. The molecule has 4 heteroatoms. The molecule has 0 atom stereocenters. The molecule has 0 saturated carbocycles. The highest BCUT2D eigenvalue weighted by atomic mass is 16.5. The molecule has 19 heavy (non-hydrogen) atoms. The minimum absolute atomic E-state index is 0.00504. The van der Waals surface area contributed by atoms with Gasteiger partial charge in [0, 0.05) is 13.1 Å². The van der Waals surface area contributed by atoms with E-state index >= 15 is 0 Å². The molecule has 1 aromatic carbocycles. The van der Waals surface area contributed by atoms with Crippen LogP contribution in [0.2, 0.25) is 0 Å². The molecule has 1 amide bonds. The number of piperidine rings is 1. The highest BCUT2D eigenvalue weighted by Crippen LogP contribution is 2.22. The minimum Gasteiger partial charge on any atom is -0.483 e. The van der Waals surface area contributed by atoms with Crippen molar-refractivity contribution >= 4 is 5.91 Å². The van der Waals surface area contributed by atoms with Gasteiger partial charge in [-0.2, -0.15) is 0 Å². The summed E-state index contributed by atoms with van der Waals surface area (Å²) in [7, 11) is 0. The molecule has 0 bridgehead atoms. The monoisotopic (exact) mass is 263 g/mol. The molecule has 0 unspecified atom stereocenters. The second-order valence-electron chi connectivity index (χ2n) is 5.12. The minimum atomic E-state index is -0.261. The lowest BCUT2D eigenvalue weighted by Gasteiger charge is -2.29. The summed E-state index contributed by atoms with van der Waals surface area (Å²) in [6.45, 7) is 5.27. The van der Waals surface area contributed by atoms with Gasteiger partial charge < -0.3 is 14.7 Å². The van der Waals surface area contributed by atoms with E-state index in [9.17, 15) is 9.90 Å². The van der Waals surface area contributed by atoms with Crippen LogP contribution in [-0.2, 0) is 4.79 Å². The molecule has 0 aromatic heterocycles. The first-order valence-corrected chi connectivity index (χ1v) is 6.73. The number of aryl methyl sites for hydroxylation is 2. The lowest BCUT2D eigenvalue weighted by molar-refractivity contribution is -0.135. The van der Waals surface area contributed by atoms with Crippen molar-refractivity contribution in [3.8, 4) is 5.75 Å². The normalized spacial score (nSPS) is 16.5. The second-order valence-corrected chi connectivity index (χ2v) is 5.12. The van der Waals surface area contributed by atoms with Crippen molar-refractivity contribution in [2.24, 2.45) is 0 Å². The Hall–Kier alpha value is -1.55. The maximum absolute atomic E-state index is 12.0. The Kier molecular flexibility index (Phi) is 4.43. The third kappa shape index (κ3) is 3.47. The molecule has 0 aliphatic carbocycles. The summed E-state index contributed by atoms with van der Waals surface area (Å²) in [5.41, 5.74) is 2.09. The van der Waals surface area contributed by atoms with Crippen LogP contribution >= 0.6 is 0 Å². The van der Waals surface area contributed by atoms with Gasteiger partial charge in [-0.25, -0.2) is 0 Å². The fourth-order valence-corrected chi connectivity index (χ4v) is 2.37. The molecule has 4 nitrogen and oxygen atoms in total. The first-order valence-electron chi connectivity index (χ1n) is 6.73. The Morgan fingerprint density at radius 1 is 1.32 bits per heavy atom. The van der Waals surface area contributed by atoms with E-state index in [1.54, 1.807) is 4.90 Å². The number of rotatable bonds is 3. The van der Waals surface area contributed by atoms with Crippen molar-refractivity contribution in [3.63, 3.8) is 0 Å². The Balaban J connectivity index is 1.90. The summed E-state index contributed by atoms with van der Waals surface area (Å²) in [6, 6.07) is 5.93. The highest BCUT2D eigenvalue weighted by molar-refractivity contribution is 5.78. The molecule has 1 fully saturated rings. The van der Waals surface area contributed by atoms with Gasteiger partial charge >= 0.3 is 0 Å². The number of nitrogens with zero attached hydrogens (tertiary/aromatic N) is 1. The van der Waals surface area contributed by atoms with Gasteiger partial charge in [-0.15, -0.1) is 0 Å². The molecular weight excluding hydrogens is 242 g/mol. The first-order chi connectivity index (χ1) is 9.08. The molecule has 0 spiro atoms. The van der Waals surface area contributed by atoms with E-state index in [1.807, 2.05) is 32.0 Å². The SMILES string of the molecule is Cc1cccc(C)c1OCC(=O)N1CCC(O)CC1. The van der Waals surface area contributed by atoms with Crippen LogP contribution in [-0.4, -0.2) is 41.7 Å². The van der Waals surface area contributed by atoms with Crippen LogP contribution in [0.25, 0.3) is 0 Å². The molecule has 1 aromatic rings. The number of aliphatic hydroxyl groups is 1. The zero-order chi connectivity index (χ0) is 13.8. The smallest absolute Gasteiger partial charge is 0.260 e. The Labute approximate surface area is 114 Å². The molecule has 2 rings (SSSR count). The van der Waals surface area contributed by atoms with E-state index in [0.717, 1.165) is 16.9 Å². The van der Waals surface area contributed by atoms with Gasteiger partial charge in [0.05, 0.1) is 6.10 Å². The maximum atomic E-state index is 12.0. The molecule has 1 heterocycles. The average molecular weight is 263 g/mol. The van der Waals surface area contributed by atoms with Crippen LogP contribution in [0, 0.1) is 13.8 Å². The topological polar surface area (TPSA) is 49.8 Å². The number of carbonyl (C=O) groups excluding carboxylic acids is 1. The van der Waals surface area contributed by atoms with Gasteiger partial charge in [0.2, 0.25) is 0 Å². The molecule has 0 radical (unpaired) electrons. The van der Waals surface area contributed by atoms with E-state index in [4.69, 9.17) is 4.74 Å². The number of likely N-dealkylation sites (tertiary alicyclic amines) is 1.